The molecule has 0 radical (unpaired) electrons. The molecule has 3 saturated carbocycles. The molecular weight excluding hydrogens is 380 g/mol. The van der Waals surface area contributed by atoms with Gasteiger partial charge in [0.2, 0.25) is 0 Å². The molecule has 3 aliphatic carbocycles. The Morgan fingerprint density at radius 2 is 1.90 bits per heavy atom. The van der Waals surface area contributed by atoms with Gasteiger partial charge in [-0.2, -0.15) is 0 Å². The van der Waals surface area contributed by atoms with Crippen molar-refractivity contribution < 1.29 is 0 Å². The summed E-state index contributed by atoms with van der Waals surface area (Å²) in [4.78, 5) is 7.97. The van der Waals surface area contributed by atoms with Crippen LogP contribution in [-0.4, -0.2) is 47.2 Å². The molecule has 2 aromatic rings. The number of aromatic nitrogens is 2. The number of hydrogen-bond donors (Lipinski definition) is 1. The lowest BCUT2D eigenvalue weighted by atomic mass is 9.45. The van der Waals surface area contributed by atoms with Gasteiger partial charge in [-0.1, -0.05) is 26.0 Å². The zero-order valence-corrected chi connectivity index (χ0v) is 19.5. The Hall–Kier alpha value is -1.39. The molecular formula is C27H40N4. The summed E-state index contributed by atoms with van der Waals surface area (Å²) in [7, 11) is 0. The predicted molar refractivity (Wildman–Crippen MR) is 127 cm³/mol. The van der Waals surface area contributed by atoms with Gasteiger partial charge < -0.3 is 14.8 Å². The lowest BCUT2D eigenvalue weighted by Gasteiger charge is -2.61. The topological polar surface area (TPSA) is 33.1 Å². The van der Waals surface area contributed by atoms with Gasteiger partial charge in [0.05, 0.1) is 11.0 Å². The van der Waals surface area contributed by atoms with Gasteiger partial charge in [0.1, 0.15) is 5.82 Å². The predicted octanol–water partition coefficient (Wildman–Crippen LogP) is 5.21. The summed E-state index contributed by atoms with van der Waals surface area (Å²) in [6, 6.07) is 9.44. The molecule has 168 valence electrons. The van der Waals surface area contributed by atoms with E-state index in [4.69, 9.17) is 4.98 Å². The first-order chi connectivity index (χ1) is 15.1. The molecule has 5 aliphatic rings. The van der Waals surface area contributed by atoms with Gasteiger partial charge in [-0.05, 0) is 86.8 Å². The maximum absolute atomic E-state index is 5.16. The van der Waals surface area contributed by atoms with Crippen LogP contribution in [0.25, 0.3) is 11.0 Å². The summed E-state index contributed by atoms with van der Waals surface area (Å²) in [5, 5.41) is 3.61. The van der Waals surface area contributed by atoms with Crippen LogP contribution in [0.3, 0.4) is 0 Å². The maximum atomic E-state index is 5.16. The van der Waals surface area contributed by atoms with Crippen LogP contribution in [-0.2, 0) is 0 Å². The van der Waals surface area contributed by atoms with E-state index in [1.807, 2.05) is 0 Å². The quantitative estimate of drug-likeness (QED) is 0.737. The normalized spacial score (nSPS) is 34.0. The average molecular weight is 421 g/mol. The third-order valence-electron chi connectivity index (χ3n) is 9.70. The lowest BCUT2D eigenvalue weighted by Crippen LogP contribution is -2.55. The zero-order valence-electron chi connectivity index (χ0n) is 19.5. The van der Waals surface area contributed by atoms with E-state index in [-0.39, 0.29) is 0 Å². The summed E-state index contributed by atoms with van der Waals surface area (Å²) < 4.78 is 2.66. The summed E-state index contributed by atoms with van der Waals surface area (Å²) in [5.74, 6) is 4.85. The molecule has 4 heteroatoms. The van der Waals surface area contributed by atoms with Crippen molar-refractivity contribution in [2.24, 2.45) is 23.2 Å². The number of nitrogens with one attached hydrogen (secondary N) is 1. The van der Waals surface area contributed by atoms with Gasteiger partial charge in [0.15, 0.2) is 0 Å². The summed E-state index contributed by atoms with van der Waals surface area (Å²) >= 11 is 0. The molecule has 2 aliphatic heterocycles. The lowest BCUT2D eigenvalue weighted by molar-refractivity contribution is -0.112. The molecule has 3 heterocycles. The summed E-state index contributed by atoms with van der Waals surface area (Å²) in [5.41, 5.74) is 3.16. The SMILES string of the molecule is CC1(C)[C@H]2CC[C@@H](CN3CCC(n4c(C5CCCNC5)nc5ccccc54)CC3)[C@@H]1C2. The minimum Gasteiger partial charge on any atom is -0.324 e. The number of hydrogen-bond acceptors (Lipinski definition) is 3. The number of imidazole rings is 1. The third kappa shape index (κ3) is 3.45. The van der Waals surface area contributed by atoms with Gasteiger partial charge in [0, 0.05) is 38.1 Å². The van der Waals surface area contributed by atoms with Gasteiger partial charge >= 0.3 is 0 Å². The molecule has 2 saturated heterocycles. The van der Waals surface area contributed by atoms with E-state index < -0.39 is 0 Å². The molecule has 0 spiro atoms. The fourth-order valence-corrected chi connectivity index (χ4v) is 7.68. The number of piperidine rings is 2. The van der Waals surface area contributed by atoms with Gasteiger partial charge in [-0.15, -0.1) is 0 Å². The molecule has 0 amide bonds. The Labute approximate surface area is 187 Å². The number of likely N-dealkylation sites (tertiary alicyclic amines) is 1. The molecule has 1 aromatic carbocycles. The zero-order chi connectivity index (χ0) is 21.0. The van der Waals surface area contributed by atoms with Gasteiger partial charge in [0.25, 0.3) is 0 Å². The van der Waals surface area contributed by atoms with Crippen LogP contribution in [0, 0.1) is 23.2 Å². The second-order valence-electron chi connectivity index (χ2n) is 11.6. The van der Waals surface area contributed by atoms with Crippen molar-refractivity contribution in [3.63, 3.8) is 0 Å². The highest BCUT2D eigenvalue weighted by atomic mass is 15.2. The second kappa shape index (κ2) is 7.88. The fourth-order valence-electron chi connectivity index (χ4n) is 7.68. The third-order valence-corrected chi connectivity index (χ3v) is 9.70. The molecule has 4 nitrogen and oxygen atoms in total. The molecule has 31 heavy (non-hydrogen) atoms. The van der Waals surface area contributed by atoms with Gasteiger partial charge in [-0.25, -0.2) is 4.98 Å². The Morgan fingerprint density at radius 1 is 1.06 bits per heavy atom. The number of nitrogens with zero attached hydrogens (tertiary/aromatic N) is 3. The Bertz CT molecular complexity index is 914. The molecule has 1 unspecified atom stereocenters. The van der Waals surface area contributed by atoms with E-state index >= 15 is 0 Å². The van der Waals surface area contributed by atoms with E-state index in [2.05, 4.69) is 52.9 Å². The van der Waals surface area contributed by atoms with Crippen LogP contribution in [0.15, 0.2) is 24.3 Å². The minimum atomic E-state index is 0.565. The van der Waals surface area contributed by atoms with Crippen LogP contribution >= 0.6 is 0 Å². The van der Waals surface area contributed by atoms with Crippen molar-refractivity contribution in [3.05, 3.63) is 30.1 Å². The minimum absolute atomic E-state index is 0.565. The number of rotatable bonds is 4. The average Bonchev–Trinajstić information content (AvgIpc) is 3.20. The Balaban J connectivity index is 1.17. The van der Waals surface area contributed by atoms with Crippen LogP contribution in [0.1, 0.15) is 76.6 Å². The first-order valence-corrected chi connectivity index (χ1v) is 13.0. The highest BCUT2D eigenvalue weighted by Crippen LogP contribution is 2.61. The smallest absolute Gasteiger partial charge is 0.114 e. The van der Waals surface area contributed by atoms with Crippen molar-refractivity contribution in [2.75, 3.05) is 32.7 Å². The van der Waals surface area contributed by atoms with Crippen molar-refractivity contribution in [2.45, 2.75) is 70.8 Å². The second-order valence-corrected chi connectivity index (χ2v) is 11.6. The monoisotopic (exact) mass is 420 g/mol. The molecule has 1 N–H and O–H groups in total. The van der Waals surface area contributed by atoms with E-state index in [0.29, 0.717) is 17.4 Å². The first kappa shape index (κ1) is 20.2. The highest BCUT2D eigenvalue weighted by Gasteiger charge is 2.54. The van der Waals surface area contributed by atoms with Crippen molar-refractivity contribution in [1.29, 1.82) is 0 Å². The van der Waals surface area contributed by atoms with E-state index in [0.717, 1.165) is 30.8 Å². The number of fused-ring (bicyclic) bond motifs is 3. The van der Waals surface area contributed by atoms with Crippen molar-refractivity contribution in [3.8, 4) is 0 Å². The highest BCUT2D eigenvalue weighted by molar-refractivity contribution is 5.76. The van der Waals surface area contributed by atoms with Crippen LogP contribution in [0.2, 0.25) is 0 Å². The molecule has 7 rings (SSSR count). The summed E-state index contributed by atoms with van der Waals surface area (Å²) in [6.07, 6.45) is 9.55. The summed E-state index contributed by atoms with van der Waals surface area (Å²) in [6.45, 7) is 11.2. The Kier molecular flexibility index (Phi) is 5.14. The van der Waals surface area contributed by atoms with Crippen molar-refractivity contribution in [1.82, 2.24) is 19.8 Å². The van der Waals surface area contributed by atoms with E-state index in [1.54, 1.807) is 0 Å². The standard InChI is InChI=1S/C27H40N4/c1-27(2)21-10-9-20(23(27)16-21)18-30-14-11-22(12-15-30)31-25-8-4-3-7-24(25)29-26(31)19-6-5-13-28-17-19/h3-4,7-8,19-23,28H,5-6,9-18H2,1-2H3/t19?,20-,21-,23-/m0/s1. The maximum Gasteiger partial charge on any atom is 0.114 e. The Morgan fingerprint density at radius 3 is 2.65 bits per heavy atom. The van der Waals surface area contributed by atoms with E-state index in [9.17, 15) is 0 Å². The largest absolute Gasteiger partial charge is 0.324 e. The molecule has 2 bridgehead atoms. The molecule has 4 atom stereocenters. The van der Waals surface area contributed by atoms with E-state index in [1.165, 1.54) is 81.4 Å². The van der Waals surface area contributed by atoms with Crippen LogP contribution in [0.5, 0.6) is 0 Å². The van der Waals surface area contributed by atoms with Crippen molar-refractivity contribution >= 4 is 11.0 Å². The molecule has 5 fully saturated rings. The first-order valence-electron chi connectivity index (χ1n) is 13.0. The fraction of sp³-hybridized carbons (Fsp3) is 0.741. The van der Waals surface area contributed by atoms with Gasteiger partial charge in [-0.3, -0.25) is 0 Å². The number of para-hydroxylation sites is 2. The van der Waals surface area contributed by atoms with Crippen LogP contribution < -0.4 is 5.32 Å². The number of benzene rings is 1. The molecule has 1 aromatic heterocycles. The van der Waals surface area contributed by atoms with Crippen LogP contribution in [0.4, 0.5) is 0 Å².